The van der Waals surface area contributed by atoms with Gasteiger partial charge in [0, 0.05) is 22.9 Å². The van der Waals surface area contributed by atoms with Gasteiger partial charge in [0.05, 0.1) is 16.3 Å². The van der Waals surface area contributed by atoms with Crippen molar-refractivity contribution in [2.45, 2.75) is 58.0 Å². The molecule has 0 atom stereocenters. The van der Waals surface area contributed by atoms with Gasteiger partial charge in [-0.1, -0.05) is 54.9 Å². The molecule has 1 aliphatic rings. The number of phenols is 1. The highest BCUT2D eigenvalue weighted by atomic mass is 32.1. The number of hydrogen-bond donors (Lipinski definition) is 1. The molecule has 4 nitrogen and oxygen atoms in total. The highest BCUT2D eigenvalue weighted by Gasteiger charge is 2.18. The molecule has 0 radical (unpaired) electrons. The Bertz CT molecular complexity index is 1040. The fraction of sp³-hybridized carbons (Fsp3) is 0.522. The van der Waals surface area contributed by atoms with Crippen molar-refractivity contribution in [1.82, 2.24) is 9.47 Å². The summed E-state index contributed by atoms with van der Waals surface area (Å²) < 4.78 is 3.60. The second-order valence-electron chi connectivity index (χ2n) is 8.31. The fourth-order valence-corrected chi connectivity index (χ4v) is 5.60. The second kappa shape index (κ2) is 8.26. The Morgan fingerprint density at radius 1 is 1.14 bits per heavy atom. The molecule has 150 valence electrons. The first-order chi connectivity index (χ1) is 13.6. The smallest absolute Gasteiger partial charge is 0.186 e. The Labute approximate surface area is 171 Å². The molecule has 28 heavy (non-hydrogen) atoms. The number of aromatic nitrogens is 1. The van der Waals surface area contributed by atoms with Gasteiger partial charge in [0.15, 0.2) is 4.80 Å². The Morgan fingerprint density at radius 3 is 2.57 bits per heavy atom. The highest BCUT2D eigenvalue weighted by molar-refractivity contribution is 7.16. The van der Waals surface area contributed by atoms with E-state index in [-0.39, 0.29) is 0 Å². The van der Waals surface area contributed by atoms with Crippen LogP contribution in [-0.4, -0.2) is 41.3 Å². The first kappa shape index (κ1) is 19.5. The molecule has 0 spiro atoms. The summed E-state index contributed by atoms with van der Waals surface area (Å²) in [4.78, 5) is 8.58. The summed E-state index contributed by atoms with van der Waals surface area (Å²) in [6.07, 6.45) is 7.43. The number of nitrogens with zero attached hydrogens (tertiary/aromatic N) is 3. The van der Waals surface area contributed by atoms with Crippen molar-refractivity contribution in [3.63, 3.8) is 0 Å². The Morgan fingerprint density at radius 2 is 1.86 bits per heavy atom. The maximum Gasteiger partial charge on any atom is 0.186 e. The van der Waals surface area contributed by atoms with Crippen LogP contribution in [-0.2, 0) is 6.54 Å². The average molecular weight is 398 g/mol. The van der Waals surface area contributed by atoms with E-state index in [1.54, 1.807) is 11.3 Å². The van der Waals surface area contributed by atoms with E-state index >= 15 is 0 Å². The molecule has 0 amide bonds. The standard InChI is InChI=1S/C23H31N3OS/c1-16-21(27)19-13-8-7-12-18(19)20-22(16)28-23(24-17-10-5-4-6-11-17)26(20)15-9-14-25(2)3/h7-8,12-13,17,27H,4-6,9-11,14-15H2,1-3H3. The molecule has 5 heteroatoms. The monoisotopic (exact) mass is 397 g/mol. The quantitative estimate of drug-likeness (QED) is 0.654. The van der Waals surface area contributed by atoms with E-state index in [1.165, 1.54) is 42.3 Å². The van der Waals surface area contributed by atoms with E-state index < -0.39 is 0 Å². The first-order valence-corrected chi connectivity index (χ1v) is 11.3. The molecule has 0 unspecified atom stereocenters. The topological polar surface area (TPSA) is 40.8 Å². The van der Waals surface area contributed by atoms with Crippen molar-refractivity contribution < 1.29 is 5.11 Å². The summed E-state index contributed by atoms with van der Waals surface area (Å²) in [6.45, 7) is 4.05. The lowest BCUT2D eigenvalue weighted by molar-refractivity contribution is 0.385. The van der Waals surface area contributed by atoms with E-state index in [4.69, 9.17) is 4.99 Å². The summed E-state index contributed by atoms with van der Waals surface area (Å²) in [6, 6.07) is 8.68. The summed E-state index contributed by atoms with van der Waals surface area (Å²) in [7, 11) is 4.25. The lowest BCUT2D eigenvalue weighted by Gasteiger charge is -2.17. The minimum atomic E-state index is 0.411. The van der Waals surface area contributed by atoms with Crippen molar-refractivity contribution in [2.75, 3.05) is 20.6 Å². The van der Waals surface area contributed by atoms with Gasteiger partial charge < -0.3 is 14.6 Å². The van der Waals surface area contributed by atoms with Crippen LogP contribution in [0.3, 0.4) is 0 Å². The largest absolute Gasteiger partial charge is 0.507 e. The molecule has 1 N–H and O–H groups in total. The van der Waals surface area contributed by atoms with Crippen molar-refractivity contribution >= 4 is 32.3 Å². The molecular formula is C23H31N3OS. The summed E-state index contributed by atoms with van der Waals surface area (Å²) in [5.74, 6) is 0.411. The van der Waals surface area contributed by atoms with Crippen molar-refractivity contribution in [1.29, 1.82) is 0 Å². The highest BCUT2D eigenvalue weighted by Crippen LogP contribution is 2.38. The Hall–Kier alpha value is -1.85. The molecule has 0 saturated heterocycles. The molecule has 1 heterocycles. The molecule has 4 rings (SSSR count). The number of aromatic hydroxyl groups is 1. The minimum Gasteiger partial charge on any atom is -0.507 e. The van der Waals surface area contributed by atoms with E-state index in [9.17, 15) is 5.11 Å². The van der Waals surface area contributed by atoms with Gasteiger partial charge in [-0.25, -0.2) is 0 Å². The zero-order chi connectivity index (χ0) is 19.7. The van der Waals surface area contributed by atoms with E-state index in [2.05, 4.69) is 35.7 Å². The molecular weight excluding hydrogens is 366 g/mol. The summed E-state index contributed by atoms with van der Waals surface area (Å²) >= 11 is 1.75. The normalized spacial score (nSPS) is 16.6. The number of benzene rings is 2. The predicted molar refractivity (Wildman–Crippen MR) is 119 cm³/mol. The molecule has 1 fully saturated rings. The van der Waals surface area contributed by atoms with Crippen LogP contribution in [0.4, 0.5) is 0 Å². The van der Waals surface area contributed by atoms with Crippen molar-refractivity contribution in [3.8, 4) is 5.75 Å². The van der Waals surface area contributed by atoms with E-state index in [0.29, 0.717) is 11.8 Å². The third-order valence-corrected chi connectivity index (χ3v) is 7.11. The van der Waals surface area contributed by atoms with Gasteiger partial charge in [-0.15, -0.1) is 0 Å². The lowest BCUT2D eigenvalue weighted by Crippen LogP contribution is -2.22. The number of thiazole rings is 1. The van der Waals surface area contributed by atoms with Gasteiger partial charge >= 0.3 is 0 Å². The minimum absolute atomic E-state index is 0.411. The maximum atomic E-state index is 10.8. The lowest BCUT2D eigenvalue weighted by atomic mass is 9.96. The van der Waals surface area contributed by atoms with Crippen LogP contribution in [0.1, 0.15) is 44.1 Å². The number of phenolic OH excluding ortho intramolecular Hbond substituents is 1. The van der Waals surface area contributed by atoms with Crippen LogP contribution in [0, 0.1) is 6.92 Å². The van der Waals surface area contributed by atoms with Gasteiger partial charge in [0.25, 0.3) is 0 Å². The predicted octanol–water partition coefficient (Wildman–Crippen LogP) is 5.06. The molecule has 3 aromatic rings. The zero-order valence-corrected chi connectivity index (χ0v) is 18.1. The second-order valence-corrected chi connectivity index (χ2v) is 9.29. The Balaban J connectivity index is 1.93. The third-order valence-electron chi connectivity index (χ3n) is 5.90. The van der Waals surface area contributed by atoms with Gasteiger partial charge in [0.1, 0.15) is 5.75 Å². The van der Waals surface area contributed by atoms with Crippen LogP contribution in [0.25, 0.3) is 21.0 Å². The van der Waals surface area contributed by atoms with Crippen LogP contribution < -0.4 is 4.80 Å². The SMILES string of the molecule is Cc1c(O)c2ccccc2c2c1sc(=NC1CCCCC1)n2CCCN(C)C. The van der Waals surface area contributed by atoms with E-state index in [0.717, 1.165) is 40.6 Å². The van der Waals surface area contributed by atoms with Gasteiger partial charge in [-0.2, -0.15) is 0 Å². The van der Waals surface area contributed by atoms with Crippen LogP contribution in [0.5, 0.6) is 5.75 Å². The third kappa shape index (κ3) is 3.70. The molecule has 0 aliphatic heterocycles. The van der Waals surface area contributed by atoms with Gasteiger partial charge in [-0.05, 0) is 46.8 Å². The summed E-state index contributed by atoms with van der Waals surface area (Å²) in [5, 5.41) is 12.9. The number of hydrogen-bond acceptors (Lipinski definition) is 4. The molecule has 1 aliphatic carbocycles. The van der Waals surface area contributed by atoms with Crippen LogP contribution >= 0.6 is 11.3 Å². The van der Waals surface area contributed by atoms with Crippen LogP contribution in [0.2, 0.25) is 0 Å². The molecule has 0 bridgehead atoms. The van der Waals surface area contributed by atoms with E-state index in [1.807, 2.05) is 19.1 Å². The average Bonchev–Trinajstić information content (AvgIpc) is 3.05. The van der Waals surface area contributed by atoms with Crippen molar-refractivity contribution in [3.05, 3.63) is 34.6 Å². The Kier molecular flexibility index (Phi) is 5.74. The fourth-order valence-electron chi connectivity index (χ4n) is 4.36. The molecule has 2 aromatic carbocycles. The number of aryl methyl sites for hydroxylation is 2. The zero-order valence-electron chi connectivity index (χ0n) is 17.2. The summed E-state index contributed by atoms with van der Waals surface area (Å²) in [5.41, 5.74) is 2.22. The molecule has 1 aromatic heterocycles. The first-order valence-electron chi connectivity index (χ1n) is 10.5. The maximum absolute atomic E-state index is 10.8. The van der Waals surface area contributed by atoms with Gasteiger partial charge in [-0.3, -0.25) is 4.99 Å². The molecule has 1 saturated carbocycles. The number of rotatable bonds is 5. The van der Waals surface area contributed by atoms with Gasteiger partial charge in [0.2, 0.25) is 0 Å². The number of fused-ring (bicyclic) bond motifs is 3. The van der Waals surface area contributed by atoms with Crippen LogP contribution in [0.15, 0.2) is 29.3 Å². The van der Waals surface area contributed by atoms with Crippen molar-refractivity contribution in [2.24, 2.45) is 4.99 Å².